The van der Waals surface area contributed by atoms with E-state index in [0.717, 1.165) is 12.1 Å². The first kappa shape index (κ1) is 12.6. The van der Waals surface area contributed by atoms with Crippen LogP contribution in [0.5, 0.6) is 0 Å². The Morgan fingerprint density at radius 1 is 1.26 bits per heavy atom. The highest BCUT2D eigenvalue weighted by atomic mass is 79.9. The second-order valence-electron chi connectivity index (χ2n) is 4.72. The largest absolute Gasteiger partial charge is 0.386 e. The summed E-state index contributed by atoms with van der Waals surface area (Å²) in [6, 6.07) is 12.3. The molecule has 0 radical (unpaired) electrons. The number of hydrogen-bond donors (Lipinski definition) is 2. The highest BCUT2D eigenvalue weighted by Gasteiger charge is 2.28. The normalized spacial score (nSPS) is 18.8. The maximum absolute atomic E-state index is 13.1. The molecule has 0 aromatic heterocycles. The third-order valence-corrected chi connectivity index (χ3v) is 4.15. The van der Waals surface area contributed by atoms with Gasteiger partial charge in [-0.25, -0.2) is 4.39 Å². The van der Waals surface area contributed by atoms with Crippen LogP contribution in [0.25, 0.3) is 0 Å². The van der Waals surface area contributed by atoms with Crippen LogP contribution in [-0.2, 0) is 6.42 Å². The highest BCUT2D eigenvalue weighted by Crippen LogP contribution is 2.34. The Balaban J connectivity index is 1.85. The second-order valence-corrected chi connectivity index (χ2v) is 5.58. The molecule has 1 aliphatic rings. The average Bonchev–Trinajstić information content (AvgIpc) is 2.81. The van der Waals surface area contributed by atoms with Gasteiger partial charge in [0.05, 0.1) is 6.04 Å². The lowest BCUT2D eigenvalue weighted by molar-refractivity contribution is 0.156. The number of nitrogens with one attached hydrogen (secondary N) is 1. The van der Waals surface area contributed by atoms with E-state index in [0.29, 0.717) is 10.0 Å². The summed E-state index contributed by atoms with van der Waals surface area (Å²) in [6.07, 6.45) is 0.0867. The molecule has 19 heavy (non-hydrogen) atoms. The predicted molar refractivity (Wildman–Crippen MR) is 76.6 cm³/mol. The predicted octanol–water partition coefficient (Wildman–Crippen LogP) is 3.66. The third kappa shape index (κ3) is 2.38. The maximum atomic E-state index is 13.1. The lowest BCUT2D eigenvalue weighted by atomic mass is 9.99. The van der Waals surface area contributed by atoms with Crippen LogP contribution in [0.2, 0.25) is 0 Å². The van der Waals surface area contributed by atoms with E-state index >= 15 is 0 Å². The molecule has 2 aromatic carbocycles. The summed E-state index contributed by atoms with van der Waals surface area (Å²) >= 11 is 3.30. The third-order valence-electron chi connectivity index (χ3n) is 3.46. The molecule has 4 heteroatoms. The first-order chi connectivity index (χ1) is 9.15. The van der Waals surface area contributed by atoms with Crippen molar-refractivity contribution in [1.29, 1.82) is 0 Å². The number of fused-ring (bicyclic) bond motifs is 1. The van der Waals surface area contributed by atoms with Crippen LogP contribution in [0, 0.1) is 5.82 Å². The Kier molecular flexibility index (Phi) is 3.29. The van der Waals surface area contributed by atoms with Gasteiger partial charge in [-0.15, -0.1) is 0 Å². The maximum Gasteiger partial charge on any atom is 0.124 e. The van der Waals surface area contributed by atoms with Gasteiger partial charge in [-0.2, -0.15) is 0 Å². The number of aliphatic hydroxyl groups excluding tert-OH is 1. The summed E-state index contributed by atoms with van der Waals surface area (Å²) in [4.78, 5) is 0. The van der Waals surface area contributed by atoms with Crippen molar-refractivity contribution in [3.8, 4) is 0 Å². The number of para-hydroxylation sites is 1. The smallest absolute Gasteiger partial charge is 0.124 e. The zero-order valence-corrected chi connectivity index (χ0v) is 11.7. The van der Waals surface area contributed by atoms with Gasteiger partial charge in [0.1, 0.15) is 11.9 Å². The molecule has 0 fully saturated rings. The van der Waals surface area contributed by atoms with Crippen molar-refractivity contribution in [2.75, 3.05) is 5.32 Å². The monoisotopic (exact) mass is 321 g/mol. The minimum atomic E-state index is -0.678. The van der Waals surface area contributed by atoms with Gasteiger partial charge in [-0.3, -0.25) is 0 Å². The van der Waals surface area contributed by atoms with E-state index in [1.54, 1.807) is 6.07 Å². The molecular weight excluding hydrogens is 309 g/mol. The Morgan fingerprint density at radius 2 is 2.05 bits per heavy atom. The van der Waals surface area contributed by atoms with E-state index in [1.807, 2.05) is 18.2 Å². The van der Waals surface area contributed by atoms with E-state index in [4.69, 9.17) is 0 Å². The van der Waals surface area contributed by atoms with E-state index < -0.39 is 6.10 Å². The summed E-state index contributed by atoms with van der Waals surface area (Å²) in [5, 5.41) is 13.8. The number of halogens is 2. The summed E-state index contributed by atoms with van der Waals surface area (Å²) in [5.74, 6) is -0.314. The summed E-state index contributed by atoms with van der Waals surface area (Å²) < 4.78 is 13.7. The Hall–Kier alpha value is -1.39. The van der Waals surface area contributed by atoms with Crippen LogP contribution in [-0.4, -0.2) is 11.1 Å². The van der Waals surface area contributed by atoms with Gasteiger partial charge in [0.25, 0.3) is 0 Å². The average molecular weight is 322 g/mol. The molecule has 2 N–H and O–H groups in total. The van der Waals surface area contributed by atoms with E-state index in [2.05, 4.69) is 27.3 Å². The molecule has 1 heterocycles. The molecule has 3 rings (SSSR count). The van der Waals surface area contributed by atoms with Crippen molar-refractivity contribution >= 4 is 21.6 Å². The van der Waals surface area contributed by atoms with Crippen molar-refractivity contribution < 1.29 is 9.50 Å². The number of hydrogen-bond acceptors (Lipinski definition) is 2. The lowest BCUT2D eigenvalue weighted by Crippen LogP contribution is -2.25. The molecule has 1 aliphatic heterocycles. The molecule has 2 nitrogen and oxygen atoms in total. The number of benzene rings is 2. The SMILES string of the molecule is OC(c1ccc(F)cc1Br)C1Cc2ccccc2N1. The summed E-state index contributed by atoms with van der Waals surface area (Å²) in [6.45, 7) is 0. The van der Waals surface area contributed by atoms with E-state index in [-0.39, 0.29) is 11.9 Å². The van der Waals surface area contributed by atoms with Crippen LogP contribution >= 0.6 is 15.9 Å². The lowest BCUT2D eigenvalue weighted by Gasteiger charge is -2.20. The number of rotatable bonds is 2. The van der Waals surface area contributed by atoms with Crippen molar-refractivity contribution in [2.45, 2.75) is 18.6 Å². The molecule has 0 saturated carbocycles. The zero-order valence-electron chi connectivity index (χ0n) is 10.1. The molecular formula is C15H13BrFNO. The first-order valence-corrected chi connectivity index (χ1v) is 6.92. The van der Waals surface area contributed by atoms with Crippen molar-refractivity contribution in [3.63, 3.8) is 0 Å². The quantitative estimate of drug-likeness (QED) is 0.884. The van der Waals surface area contributed by atoms with Gasteiger partial charge in [0.15, 0.2) is 0 Å². The Labute approximate surface area is 119 Å². The van der Waals surface area contributed by atoms with Crippen LogP contribution in [0.1, 0.15) is 17.2 Å². The molecule has 2 aromatic rings. The molecule has 0 aliphatic carbocycles. The van der Waals surface area contributed by atoms with Crippen LogP contribution in [0.4, 0.5) is 10.1 Å². The topological polar surface area (TPSA) is 32.3 Å². The fourth-order valence-corrected chi connectivity index (χ4v) is 3.06. The minimum Gasteiger partial charge on any atom is -0.386 e. The Bertz CT molecular complexity index is 592. The second kappa shape index (κ2) is 4.94. The van der Waals surface area contributed by atoms with Crippen molar-refractivity contribution in [3.05, 3.63) is 63.9 Å². The van der Waals surface area contributed by atoms with Crippen molar-refractivity contribution in [1.82, 2.24) is 0 Å². The van der Waals surface area contributed by atoms with E-state index in [1.165, 1.54) is 17.7 Å². The molecule has 2 atom stereocenters. The van der Waals surface area contributed by atoms with Crippen LogP contribution in [0.3, 0.4) is 0 Å². The van der Waals surface area contributed by atoms with Gasteiger partial charge < -0.3 is 10.4 Å². The molecule has 0 amide bonds. The number of anilines is 1. The fourth-order valence-electron chi connectivity index (χ4n) is 2.48. The van der Waals surface area contributed by atoms with Gasteiger partial charge in [0, 0.05) is 10.2 Å². The van der Waals surface area contributed by atoms with Crippen molar-refractivity contribution in [2.24, 2.45) is 0 Å². The summed E-state index contributed by atoms with van der Waals surface area (Å²) in [7, 11) is 0. The highest BCUT2D eigenvalue weighted by molar-refractivity contribution is 9.10. The van der Waals surface area contributed by atoms with Gasteiger partial charge in [-0.05, 0) is 35.7 Å². The van der Waals surface area contributed by atoms with Gasteiger partial charge >= 0.3 is 0 Å². The minimum absolute atomic E-state index is 0.0841. The molecule has 98 valence electrons. The molecule has 0 bridgehead atoms. The molecule has 2 unspecified atom stereocenters. The Morgan fingerprint density at radius 3 is 2.79 bits per heavy atom. The molecule has 0 saturated heterocycles. The van der Waals surface area contributed by atoms with Crippen LogP contribution in [0.15, 0.2) is 46.9 Å². The standard InChI is InChI=1S/C15H13BrFNO/c16-12-8-10(17)5-6-11(12)15(19)14-7-9-3-1-2-4-13(9)18-14/h1-6,8,14-15,18-19H,7H2. The first-order valence-electron chi connectivity index (χ1n) is 6.12. The van der Waals surface area contributed by atoms with Gasteiger partial charge in [0.2, 0.25) is 0 Å². The fraction of sp³-hybridized carbons (Fsp3) is 0.200. The summed E-state index contributed by atoms with van der Waals surface area (Å²) in [5.41, 5.74) is 2.96. The van der Waals surface area contributed by atoms with Crippen LogP contribution < -0.4 is 5.32 Å². The number of aliphatic hydroxyl groups is 1. The zero-order chi connectivity index (χ0) is 13.4. The van der Waals surface area contributed by atoms with Gasteiger partial charge in [-0.1, -0.05) is 40.2 Å². The molecule has 0 spiro atoms. The van der Waals surface area contributed by atoms with E-state index in [9.17, 15) is 9.50 Å².